The third kappa shape index (κ3) is 5.90. The Balaban J connectivity index is 1.73. The minimum absolute atomic E-state index is 0.0195. The minimum atomic E-state index is -4.81. The average molecular weight is 448 g/mol. The van der Waals surface area contributed by atoms with Gasteiger partial charge in [-0.2, -0.15) is 13.2 Å². The van der Waals surface area contributed by atoms with Crippen molar-refractivity contribution < 1.29 is 31.5 Å². The molecule has 0 unspecified atom stereocenters. The standard InChI is InChI=1S/C23H17F5N2O2/c24-16-8-5-15(6-9-16)22(32)29-17-10-11-20(18(13-17)23(26,27)28)30-21(31)12-7-14-3-1-2-4-19(14)25/h1-6,8-11,13H,7,12H2,(H,29,32)(H,30,31). The van der Waals surface area contributed by atoms with E-state index in [0.29, 0.717) is 6.07 Å². The molecule has 3 aromatic rings. The summed E-state index contributed by atoms with van der Waals surface area (Å²) in [5.41, 5.74) is -1.47. The summed E-state index contributed by atoms with van der Waals surface area (Å²) in [6.45, 7) is 0. The summed E-state index contributed by atoms with van der Waals surface area (Å²) in [5, 5.41) is 4.50. The molecule has 0 aliphatic carbocycles. The number of hydrogen-bond donors (Lipinski definition) is 2. The van der Waals surface area contributed by atoms with Crippen LogP contribution in [0.25, 0.3) is 0 Å². The highest BCUT2D eigenvalue weighted by Gasteiger charge is 2.34. The number of aryl methyl sites for hydroxylation is 1. The van der Waals surface area contributed by atoms with Crippen molar-refractivity contribution in [3.8, 4) is 0 Å². The summed E-state index contributed by atoms with van der Waals surface area (Å²) in [7, 11) is 0. The van der Waals surface area contributed by atoms with Gasteiger partial charge in [-0.15, -0.1) is 0 Å². The number of benzene rings is 3. The predicted molar refractivity (Wildman–Crippen MR) is 109 cm³/mol. The molecule has 0 saturated heterocycles. The average Bonchev–Trinajstić information content (AvgIpc) is 2.74. The van der Waals surface area contributed by atoms with Gasteiger partial charge < -0.3 is 10.6 Å². The molecular weight excluding hydrogens is 431 g/mol. The molecule has 166 valence electrons. The number of hydrogen-bond acceptors (Lipinski definition) is 2. The number of carbonyl (C=O) groups is 2. The summed E-state index contributed by atoms with van der Waals surface area (Å²) in [6.07, 6.45) is -5.02. The number of nitrogens with one attached hydrogen (secondary N) is 2. The molecule has 4 nitrogen and oxygen atoms in total. The van der Waals surface area contributed by atoms with Crippen LogP contribution < -0.4 is 10.6 Å². The zero-order valence-corrected chi connectivity index (χ0v) is 16.5. The summed E-state index contributed by atoms with van der Waals surface area (Å²) < 4.78 is 67.2. The second kappa shape index (κ2) is 9.59. The molecule has 32 heavy (non-hydrogen) atoms. The topological polar surface area (TPSA) is 58.2 Å². The highest BCUT2D eigenvalue weighted by molar-refractivity contribution is 6.04. The number of rotatable bonds is 6. The van der Waals surface area contributed by atoms with Gasteiger partial charge in [0.05, 0.1) is 11.3 Å². The lowest BCUT2D eigenvalue weighted by Crippen LogP contribution is -2.18. The summed E-state index contributed by atoms with van der Waals surface area (Å²) in [5.74, 6) is -2.50. The highest BCUT2D eigenvalue weighted by atomic mass is 19.4. The van der Waals surface area contributed by atoms with Crippen molar-refractivity contribution in [2.24, 2.45) is 0 Å². The van der Waals surface area contributed by atoms with Crippen LogP contribution in [0.3, 0.4) is 0 Å². The van der Waals surface area contributed by atoms with Crippen LogP contribution in [0.1, 0.15) is 27.9 Å². The maximum atomic E-state index is 13.6. The maximum Gasteiger partial charge on any atom is 0.418 e. The van der Waals surface area contributed by atoms with E-state index in [9.17, 15) is 31.5 Å². The largest absolute Gasteiger partial charge is 0.418 e. The lowest BCUT2D eigenvalue weighted by atomic mass is 10.1. The fraction of sp³-hybridized carbons (Fsp3) is 0.130. The summed E-state index contributed by atoms with van der Waals surface area (Å²) >= 11 is 0. The molecule has 2 N–H and O–H groups in total. The zero-order valence-electron chi connectivity index (χ0n) is 16.5. The molecule has 3 aromatic carbocycles. The SMILES string of the molecule is O=C(CCc1ccccc1F)Nc1ccc(NC(=O)c2ccc(F)cc2)cc1C(F)(F)F. The van der Waals surface area contributed by atoms with E-state index < -0.39 is 40.9 Å². The third-order valence-electron chi connectivity index (χ3n) is 4.54. The Hall–Kier alpha value is -3.75. The Bertz CT molecular complexity index is 1130. The lowest BCUT2D eigenvalue weighted by Gasteiger charge is -2.16. The summed E-state index contributed by atoms with van der Waals surface area (Å²) in [4.78, 5) is 24.3. The molecule has 0 aromatic heterocycles. The molecule has 0 bridgehead atoms. The van der Waals surface area contributed by atoms with Crippen LogP contribution in [0.15, 0.2) is 66.7 Å². The lowest BCUT2D eigenvalue weighted by molar-refractivity contribution is -0.136. The van der Waals surface area contributed by atoms with Gasteiger partial charge in [0.1, 0.15) is 11.6 Å². The van der Waals surface area contributed by atoms with Crippen molar-refractivity contribution in [3.63, 3.8) is 0 Å². The molecule has 0 spiro atoms. The predicted octanol–water partition coefficient (Wildman–Crippen LogP) is 5.81. The van der Waals surface area contributed by atoms with Crippen molar-refractivity contribution in [2.45, 2.75) is 19.0 Å². The Labute approximate surface area is 180 Å². The van der Waals surface area contributed by atoms with Crippen molar-refractivity contribution in [2.75, 3.05) is 10.6 Å². The van der Waals surface area contributed by atoms with Gasteiger partial charge in [-0.05, 0) is 60.5 Å². The van der Waals surface area contributed by atoms with Gasteiger partial charge in [0.25, 0.3) is 5.91 Å². The van der Waals surface area contributed by atoms with Gasteiger partial charge in [0.2, 0.25) is 5.91 Å². The van der Waals surface area contributed by atoms with Crippen molar-refractivity contribution in [3.05, 3.63) is 95.1 Å². The smallest absolute Gasteiger partial charge is 0.325 e. The molecule has 0 radical (unpaired) electrons. The monoisotopic (exact) mass is 448 g/mol. The molecule has 3 rings (SSSR count). The second-order valence-electron chi connectivity index (χ2n) is 6.86. The first kappa shape index (κ1) is 22.9. The van der Waals surface area contributed by atoms with Gasteiger partial charge in [0.15, 0.2) is 0 Å². The number of alkyl halides is 3. The van der Waals surface area contributed by atoms with Gasteiger partial charge in [-0.1, -0.05) is 18.2 Å². The first-order chi connectivity index (χ1) is 15.1. The highest BCUT2D eigenvalue weighted by Crippen LogP contribution is 2.36. The van der Waals surface area contributed by atoms with E-state index in [1.165, 1.54) is 36.4 Å². The van der Waals surface area contributed by atoms with E-state index in [0.717, 1.165) is 18.2 Å². The fourth-order valence-corrected chi connectivity index (χ4v) is 2.93. The van der Waals surface area contributed by atoms with E-state index in [1.807, 2.05) is 0 Å². The van der Waals surface area contributed by atoms with E-state index >= 15 is 0 Å². The van der Waals surface area contributed by atoms with E-state index in [4.69, 9.17) is 0 Å². The van der Waals surface area contributed by atoms with Gasteiger partial charge in [-0.3, -0.25) is 9.59 Å². The number of anilines is 2. The first-order valence-electron chi connectivity index (χ1n) is 9.45. The van der Waals surface area contributed by atoms with Crippen LogP contribution in [-0.4, -0.2) is 11.8 Å². The molecule has 0 atom stereocenters. The minimum Gasteiger partial charge on any atom is -0.325 e. The summed E-state index contributed by atoms with van der Waals surface area (Å²) in [6, 6.07) is 13.2. The van der Waals surface area contributed by atoms with Crippen LogP contribution in [0.2, 0.25) is 0 Å². The van der Waals surface area contributed by atoms with Crippen molar-refractivity contribution >= 4 is 23.2 Å². The van der Waals surface area contributed by atoms with E-state index in [2.05, 4.69) is 10.6 Å². The van der Waals surface area contributed by atoms with Gasteiger partial charge in [0, 0.05) is 17.7 Å². The zero-order chi connectivity index (χ0) is 23.3. The number of carbonyl (C=O) groups excluding carboxylic acids is 2. The molecular formula is C23H17F5N2O2. The van der Waals surface area contributed by atoms with E-state index in [1.54, 1.807) is 6.07 Å². The second-order valence-corrected chi connectivity index (χ2v) is 6.86. The molecule has 0 aliphatic heterocycles. The number of amides is 2. The first-order valence-corrected chi connectivity index (χ1v) is 9.45. The van der Waals surface area contributed by atoms with E-state index in [-0.39, 0.29) is 29.7 Å². The molecule has 0 aliphatic rings. The Morgan fingerprint density at radius 2 is 1.53 bits per heavy atom. The molecule has 0 fully saturated rings. The van der Waals surface area contributed by atoms with Crippen LogP contribution in [-0.2, 0) is 17.4 Å². The molecule has 0 saturated carbocycles. The molecule has 2 amide bonds. The Morgan fingerprint density at radius 3 is 2.19 bits per heavy atom. The fourth-order valence-electron chi connectivity index (χ4n) is 2.93. The van der Waals surface area contributed by atoms with Crippen LogP contribution in [0.5, 0.6) is 0 Å². The third-order valence-corrected chi connectivity index (χ3v) is 4.54. The van der Waals surface area contributed by atoms with Crippen LogP contribution >= 0.6 is 0 Å². The Kier molecular flexibility index (Phi) is 6.87. The van der Waals surface area contributed by atoms with Crippen molar-refractivity contribution in [1.29, 1.82) is 0 Å². The Morgan fingerprint density at radius 1 is 0.844 bits per heavy atom. The van der Waals surface area contributed by atoms with Crippen molar-refractivity contribution in [1.82, 2.24) is 0 Å². The quantitative estimate of drug-likeness (QED) is 0.468. The van der Waals surface area contributed by atoms with Crippen LogP contribution in [0.4, 0.5) is 33.3 Å². The number of halogens is 5. The normalized spacial score (nSPS) is 11.2. The molecule has 0 heterocycles. The van der Waals surface area contributed by atoms with Gasteiger partial charge in [-0.25, -0.2) is 8.78 Å². The molecule has 9 heteroatoms. The van der Waals surface area contributed by atoms with Crippen LogP contribution in [0, 0.1) is 11.6 Å². The van der Waals surface area contributed by atoms with Gasteiger partial charge >= 0.3 is 6.18 Å². The maximum absolute atomic E-state index is 13.6.